The molecule has 0 radical (unpaired) electrons. The minimum absolute atomic E-state index is 0.106. The maximum atomic E-state index is 11.7. The van der Waals surface area contributed by atoms with Gasteiger partial charge in [-0.3, -0.25) is 4.79 Å². The second-order valence-corrected chi connectivity index (χ2v) is 4.40. The number of aryl methyl sites for hydroxylation is 3. The Morgan fingerprint density at radius 3 is 2.26 bits per heavy atom. The van der Waals surface area contributed by atoms with E-state index < -0.39 is 6.09 Å². The van der Waals surface area contributed by atoms with Crippen molar-refractivity contribution in [2.75, 3.05) is 18.5 Å². The summed E-state index contributed by atoms with van der Waals surface area (Å²) in [5, 5.41) is 5.17. The largest absolute Gasteiger partial charge is 0.450 e. The van der Waals surface area contributed by atoms with Gasteiger partial charge in [0.05, 0.1) is 6.61 Å². The summed E-state index contributed by atoms with van der Waals surface area (Å²) in [5.41, 5.74) is 3.95. The first-order chi connectivity index (χ1) is 8.93. The molecule has 0 aliphatic heterocycles. The van der Waals surface area contributed by atoms with Gasteiger partial charge in [0.1, 0.15) is 6.54 Å². The van der Waals surface area contributed by atoms with E-state index in [1.807, 2.05) is 32.9 Å². The maximum absolute atomic E-state index is 11.7. The molecule has 0 aliphatic carbocycles. The van der Waals surface area contributed by atoms with Gasteiger partial charge in [-0.15, -0.1) is 0 Å². The predicted molar refractivity (Wildman–Crippen MR) is 74.3 cm³/mol. The molecular formula is C14H20N2O3. The molecule has 0 aliphatic rings. The SMILES string of the molecule is CCOC(=O)NCC(=O)Nc1c(C)cc(C)cc1C. The summed E-state index contributed by atoms with van der Waals surface area (Å²) >= 11 is 0. The fraction of sp³-hybridized carbons (Fsp3) is 0.429. The van der Waals surface area contributed by atoms with Crippen molar-refractivity contribution in [1.29, 1.82) is 0 Å². The van der Waals surface area contributed by atoms with Gasteiger partial charge < -0.3 is 15.4 Å². The zero-order valence-electron chi connectivity index (χ0n) is 11.8. The van der Waals surface area contributed by atoms with Crippen LogP contribution >= 0.6 is 0 Å². The standard InChI is InChI=1S/C14H20N2O3/c1-5-19-14(18)15-8-12(17)16-13-10(3)6-9(2)7-11(13)4/h6-7H,5,8H2,1-4H3,(H,15,18)(H,16,17). The lowest BCUT2D eigenvalue weighted by Gasteiger charge is -2.13. The highest BCUT2D eigenvalue weighted by Gasteiger charge is 2.09. The van der Waals surface area contributed by atoms with E-state index in [4.69, 9.17) is 0 Å². The van der Waals surface area contributed by atoms with Crippen LogP contribution in [0.25, 0.3) is 0 Å². The summed E-state index contributed by atoms with van der Waals surface area (Å²) in [7, 11) is 0. The number of ether oxygens (including phenoxy) is 1. The number of rotatable bonds is 4. The van der Waals surface area contributed by atoms with Gasteiger partial charge in [-0.05, 0) is 38.8 Å². The zero-order valence-corrected chi connectivity index (χ0v) is 11.8. The zero-order chi connectivity index (χ0) is 14.4. The summed E-state index contributed by atoms with van der Waals surface area (Å²) < 4.78 is 4.68. The number of hydrogen-bond acceptors (Lipinski definition) is 3. The molecule has 0 saturated carbocycles. The van der Waals surface area contributed by atoms with Crippen LogP contribution in [0.2, 0.25) is 0 Å². The highest BCUT2D eigenvalue weighted by atomic mass is 16.5. The predicted octanol–water partition coefficient (Wildman–Crippen LogP) is 2.30. The number of carbonyl (C=O) groups excluding carboxylic acids is 2. The third-order valence-corrected chi connectivity index (χ3v) is 2.61. The van der Waals surface area contributed by atoms with Crippen molar-refractivity contribution < 1.29 is 14.3 Å². The van der Waals surface area contributed by atoms with Crippen molar-refractivity contribution in [2.24, 2.45) is 0 Å². The van der Waals surface area contributed by atoms with Crippen LogP contribution in [0.4, 0.5) is 10.5 Å². The Morgan fingerprint density at radius 2 is 1.74 bits per heavy atom. The van der Waals surface area contributed by atoms with E-state index in [-0.39, 0.29) is 19.1 Å². The lowest BCUT2D eigenvalue weighted by atomic mass is 10.1. The monoisotopic (exact) mass is 264 g/mol. The van der Waals surface area contributed by atoms with Gasteiger partial charge in [0.2, 0.25) is 5.91 Å². The Morgan fingerprint density at radius 1 is 1.16 bits per heavy atom. The molecule has 2 N–H and O–H groups in total. The molecule has 5 heteroatoms. The number of benzene rings is 1. The van der Waals surface area contributed by atoms with Gasteiger partial charge >= 0.3 is 6.09 Å². The topological polar surface area (TPSA) is 67.4 Å². The molecule has 0 heterocycles. The van der Waals surface area contributed by atoms with Crippen LogP contribution in [0.15, 0.2) is 12.1 Å². The molecule has 1 aromatic rings. The van der Waals surface area contributed by atoms with Gasteiger partial charge in [-0.1, -0.05) is 17.7 Å². The molecule has 5 nitrogen and oxygen atoms in total. The molecule has 104 valence electrons. The van der Waals surface area contributed by atoms with E-state index in [2.05, 4.69) is 15.4 Å². The van der Waals surface area contributed by atoms with Crippen molar-refractivity contribution in [3.05, 3.63) is 28.8 Å². The minimum Gasteiger partial charge on any atom is -0.450 e. The van der Waals surface area contributed by atoms with Crippen LogP contribution in [0.3, 0.4) is 0 Å². The summed E-state index contributed by atoms with van der Waals surface area (Å²) in [4.78, 5) is 22.8. The van der Waals surface area contributed by atoms with Crippen LogP contribution in [0, 0.1) is 20.8 Å². The quantitative estimate of drug-likeness (QED) is 0.876. The number of nitrogens with one attached hydrogen (secondary N) is 2. The average Bonchev–Trinajstić information content (AvgIpc) is 2.31. The molecular weight excluding hydrogens is 244 g/mol. The van der Waals surface area contributed by atoms with E-state index in [0.717, 1.165) is 22.4 Å². The fourth-order valence-electron chi connectivity index (χ4n) is 1.90. The van der Waals surface area contributed by atoms with E-state index in [1.54, 1.807) is 6.92 Å². The van der Waals surface area contributed by atoms with Crippen LogP contribution in [-0.2, 0) is 9.53 Å². The van der Waals surface area contributed by atoms with Crippen molar-refractivity contribution in [2.45, 2.75) is 27.7 Å². The molecule has 0 aromatic heterocycles. The van der Waals surface area contributed by atoms with Gasteiger partial charge in [-0.2, -0.15) is 0 Å². The van der Waals surface area contributed by atoms with Gasteiger partial charge in [0.25, 0.3) is 0 Å². The lowest BCUT2D eigenvalue weighted by molar-refractivity contribution is -0.115. The molecule has 0 spiro atoms. The van der Waals surface area contributed by atoms with E-state index in [0.29, 0.717) is 0 Å². The van der Waals surface area contributed by atoms with E-state index in [9.17, 15) is 9.59 Å². The average molecular weight is 264 g/mol. The summed E-state index contributed by atoms with van der Waals surface area (Å²) in [6, 6.07) is 4.00. The first kappa shape index (κ1) is 15.0. The summed E-state index contributed by atoms with van der Waals surface area (Å²) in [6.07, 6.45) is -0.588. The number of amides is 2. The highest BCUT2D eigenvalue weighted by Crippen LogP contribution is 2.21. The maximum Gasteiger partial charge on any atom is 0.407 e. The highest BCUT2D eigenvalue weighted by molar-refractivity contribution is 5.95. The van der Waals surface area contributed by atoms with E-state index in [1.165, 1.54) is 0 Å². The van der Waals surface area contributed by atoms with Gasteiger partial charge in [0, 0.05) is 5.69 Å². The summed E-state index contributed by atoms with van der Waals surface area (Å²) in [5.74, 6) is -0.275. The van der Waals surface area contributed by atoms with Crippen molar-refractivity contribution in [3.8, 4) is 0 Å². The molecule has 0 saturated heterocycles. The second kappa shape index (κ2) is 6.78. The van der Waals surface area contributed by atoms with Gasteiger partial charge in [-0.25, -0.2) is 4.79 Å². The smallest absolute Gasteiger partial charge is 0.407 e. The molecule has 2 amide bonds. The molecule has 0 fully saturated rings. The van der Waals surface area contributed by atoms with Crippen LogP contribution in [-0.4, -0.2) is 25.2 Å². The van der Waals surface area contributed by atoms with Crippen LogP contribution in [0.5, 0.6) is 0 Å². The van der Waals surface area contributed by atoms with Gasteiger partial charge in [0.15, 0.2) is 0 Å². The number of anilines is 1. The lowest BCUT2D eigenvalue weighted by Crippen LogP contribution is -2.33. The molecule has 0 bridgehead atoms. The third-order valence-electron chi connectivity index (χ3n) is 2.61. The number of carbonyl (C=O) groups is 2. The third kappa shape index (κ3) is 4.62. The Kier molecular flexibility index (Phi) is 5.36. The first-order valence-electron chi connectivity index (χ1n) is 6.22. The fourth-order valence-corrected chi connectivity index (χ4v) is 1.90. The normalized spacial score (nSPS) is 9.89. The molecule has 1 rings (SSSR count). The Hall–Kier alpha value is -2.04. The molecule has 0 unspecified atom stereocenters. The van der Waals surface area contributed by atoms with Crippen molar-refractivity contribution >= 4 is 17.7 Å². The van der Waals surface area contributed by atoms with Crippen molar-refractivity contribution in [3.63, 3.8) is 0 Å². The van der Waals surface area contributed by atoms with Crippen LogP contribution < -0.4 is 10.6 Å². The molecule has 0 atom stereocenters. The molecule has 19 heavy (non-hydrogen) atoms. The van der Waals surface area contributed by atoms with Crippen molar-refractivity contribution in [1.82, 2.24) is 5.32 Å². The number of hydrogen-bond donors (Lipinski definition) is 2. The van der Waals surface area contributed by atoms with Crippen LogP contribution in [0.1, 0.15) is 23.6 Å². The Balaban J connectivity index is 2.60. The van der Waals surface area contributed by atoms with E-state index >= 15 is 0 Å². The summed E-state index contributed by atoms with van der Waals surface area (Å²) in [6.45, 7) is 7.77. The Labute approximate surface area is 113 Å². The first-order valence-corrected chi connectivity index (χ1v) is 6.22. The Bertz CT molecular complexity index is 461. The minimum atomic E-state index is -0.588. The number of alkyl carbamates (subject to hydrolysis) is 1. The second-order valence-electron chi connectivity index (χ2n) is 4.40. The molecule has 1 aromatic carbocycles.